The zero-order valence-electron chi connectivity index (χ0n) is 8.12. The second-order valence-electron chi connectivity index (χ2n) is 4.01. The molecule has 0 aromatic carbocycles. The van der Waals surface area contributed by atoms with Crippen LogP contribution >= 0.6 is 15.9 Å². The lowest BCUT2D eigenvalue weighted by atomic mass is 9.80. The van der Waals surface area contributed by atoms with E-state index in [-0.39, 0.29) is 6.04 Å². The minimum atomic E-state index is 0.0934. The molecule has 1 aliphatic carbocycles. The molecule has 14 heavy (non-hydrogen) atoms. The zero-order valence-corrected chi connectivity index (χ0v) is 9.70. The summed E-state index contributed by atoms with van der Waals surface area (Å²) >= 11 is 3.48. The van der Waals surface area contributed by atoms with Gasteiger partial charge in [0.15, 0.2) is 0 Å². The standard InChI is InChI=1S/C11H15BrN2/c12-9-5-2-6-14-11(9)10(13)7-8-3-1-4-8/h2,5-6,8,10H,1,3-4,7,13H2. The molecule has 1 aromatic rings. The fraction of sp³-hybridized carbons (Fsp3) is 0.545. The van der Waals surface area contributed by atoms with Gasteiger partial charge in [0.2, 0.25) is 0 Å². The van der Waals surface area contributed by atoms with E-state index in [1.54, 1.807) is 6.20 Å². The van der Waals surface area contributed by atoms with E-state index in [0.29, 0.717) is 0 Å². The van der Waals surface area contributed by atoms with Crippen LogP contribution < -0.4 is 5.73 Å². The molecule has 3 heteroatoms. The van der Waals surface area contributed by atoms with Crippen molar-refractivity contribution in [2.24, 2.45) is 11.7 Å². The third kappa shape index (κ3) is 2.15. The van der Waals surface area contributed by atoms with Crippen molar-refractivity contribution in [3.05, 3.63) is 28.5 Å². The molecule has 1 saturated carbocycles. The maximum absolute atomic E-state index is 6.11. The summed E-state index contributed by atoms with van der Waals surface area (Å²) in [6.45, 7) is 0. The number of hydrogen-bond donors (Lipinski definition) is 1. The van der Waals surface area contributed by atoms with Crippen molar-refractivity contribution in [3.63, 3.8) is 0 Å². The Kier molecular flexibility index (Phi) is 3.19. The normalized spacial score (nSPS) is 19.0. The van der Waals surface area contributed by atoms with Crippen molar-refractivity contribution in [1.82, 2.24) is 4.98 Å². The predicted octanol–water partition coefficient (Wildman–Crippen LogP) is 3.03. The van der Waals surface area contributed by atoms with Crippen LogP contribution in [-0.2, 0) is 0 Å². The van der Waals surface area contributed by atoms with E-state index in [1.165, 1.54) is 19.3 Å². The van der Waals surface area contributed by atoms with E-state index < -0.39 is 0 Å². The minimum Gasteiger partial charge on any atom is -0.323 e. The summed E-state index contributed by atoms with van der Waals surface area (Å²) in [7, 11) is 0. The summed E-state index contributed by atoms with van der Waals surface area (Å²) in [5.74, 6) is 0.832. The first-order valence-corrected chi connectivity index (χ1v) is 5.92. The monoisotopic (exact) mass is 254 g/mol. The van der Waals surface area contributed by atoms with Crippen LogP contribution in [0.25, 0.3) is 0 Å². The Morgan fingerprint density at radius 2 is 2.36 bits per heavy atom. The molecule has 1 atom stereocenters. The molecular formula is C11H15BrN2. The van der Waals surface area contributed by atoms with Gasteiger partial charge in [-0.25, -0.2) is 0 Å². The van der Waals surface area contributed by atoms with Crippen molar-refractivity contribution < 1.29 is 0 Å². The van der Waals surface area contributed by atoms with Gasteiger partial charge in [0.1, 0.15) is 0 Å². The third-order valence-corrected chi connectivity index (χ3v) is 3.62. The average Bonchev–Trinajstić information content (AvgIpc) is 2.12. The molecule has 0 saturated heterocycles. The van der Waals surface area contributed by atoms with Crippen molar-refractivity contribution in [2.75, 3.05) is 0 Å². The van der Waals surface area contributed by atoms with Gasteiger partial charge < -0.3 is 5.73 Å². The van der Waals surface area contributed by atoms with Crippen LogP contribution in [0, 0.1) is 5.92 Å². The quantitative estimate of drug-likeness (QED) is 0.901. The average molecular weight is 255 g/mol. The number of hydrogen-bond acceptors (Lipinski definition) is 2. The molecule has 1 unspecified atom stereocenters. The van der Waals surface area contributed by atoms with E-state index in [1.807, 2.05) is 12.1 Å². The molecule has 2 nitrogen and oxygen atoms in total. The van der Waals surface area contributed by atoms with E-state index in [9.17, 15) is 0 Å². The van der Waals surface area contributed by atoms with Crippen LogP contribution in [0.1, 0.15) is 37.4 Å². The lowest BCUT2D eigenvalue weighted by Crippen LogP contribution is -2.21. The molecule has 76 valence electrons. The van der Waals surface area contributed by atoms with Gasteiger partial charge in [-0.2, -0.15) is 0 Å². The highest BCUT2D eigenvalue weighted by atomic mass is 79.9. The van der Waals surface area contributed by atoms with Crippen LogP contribution in [0.4, 0.5) is 0 Å². The van der Waals surface area contributed by atoms with Gasteiger partial charge in [0.05, 0.1) is 5.69 Å². The summed E-state index contributed by atoms with van der Waals surface area (Å²) in [6, 6.07) is 4.02. The smallest absolute Gasteiger partial charge is 0.0712 e. The molecule has 0 amide bonds. The Bertz CT molecular complexity index is 310. The lowest BCUT2D eigenvalue weighted by molar-refractivity contribution is 0.275. The fourth-order valence-electron chi connectivity index (χ4n) is 1.87. The van der Waals surface area contributed by atoms with Gasteiger partial charge in [-0.1, -0.05) is 19.3 Å². The minimum absolute atomic E-state index is 0.0934. The van der Waals surface area contributed by atoms with Gasteiger partial charge in [-0.3, -0.25) is 4.98 Å². The van der Waals surface area contributed by atoms with Crippen LogP contribution in [0.5, 0.6) is 0 Å². The molecular weight excluding hydrogens is 240 g/mol. The number of pyridine rings is 1. The van der Waals surface area contributed by atoms with Crippen molar-refractivity contribution >= 4 is 15.9 Å². The first-order chi connectivity index (χ1) is 6.77. The number of rotatable bonds is 3. The number of nitrogens with zero attached hydrogens (tertiary/aromatic N) is 1. The van der Waals surface area contributed by atoms with Crippen LogP contribution in [0.3, 0.4) is 0 Å². The SMILES string of the molecule is NC(CC1CCC1)c1ncccc1Br. The molecule has 0 spiro atoms. The molecule has 0 bridgehead atoms. The van der Waals surface area contributed by atoms with Crippen LogP contribution in [-0.4, -0.2) is 4.98 Å². The maximum atomic E-state index is 6.11. The molecule has 2 N–H and O–H groups in total. The Morgan fingerprint density at radius 1 is 1.57 bits per heavy atom. The lowest BCUT2D eigenvalue weighted by Gasteiger charge is -2.28. The zero-order chi connectivity index (χ0) is 9.97. The van der Waals surface area contributed by atoms with E-state index in [4.69, 9.17) is 5.73 Å². The number of nitrogens with two attached hydrogens (primary N) is 1. The summed E-state index contributed by atoms with van der Waals surface area (Å²) in [5.41, 5.74) is 7.11. The van der Waals surface area contributed by atoms with Gasteiger partial charge in [-0.15, -0.1) is 0 Å². The number of aromatic nitrogens is 1. The van der Waals surface area contributed by atoms with Gasteiger partial charge in [0, 0.05) is 16.7 Å². The second-order valence-corrected chi connectivity index (χ2v) is 4.86. The molecule has 2 rings (SSSR count). The van der Waals surface area contributed by atoms with Gasteiger partial charge in [-0.05, 0) is 40.4 Å². The van der Waals surface area contributed by atoms with E-state index >= 15 is 0 Å². The molecule has 0 radical (unpaired) electrons. The topological polar surface area (TPSA) is 38.9 Å². The van der Waals surface area contributed by atoms with Crippen molar-refractivity contribution in [2.45, 2.75) is 31.7 Å². The number of halogens is 1. The highest BCUT2D eigenvalue weighted by Gasteiger charge is 2.22. The Labute approximate surface area is 93.0 Å². The molecule has 1 fully saturated rings. The summed E-state index contributed by atoms with van der Waals surface area (Å²) < 4.78 is 1.03. The summed E-state index contributed by atoms with van der Waals surface area (Å²) in [4.78, 5) is 4.32. The first-order valence-electron chi connectivity index (χ1n) is 5.13. The second kappa shape index (κ2) is 4.41. The predicted molar refractivity (Wildman–Crippen MR) is 60.8 cm³/mol. The summed E-state index contributed by atoms with van der Waals surface area (Å²) in [5, 5.41) is 0. The Morgan fingerprint density at radius 3 is 2.93 bits per heavy atom. The maximum Gasteiger partial charge on any atom is 0.0712 e. The van der Waals surface area contributed by atoms with Crippen LogP contribution in [0.15, 0.2) is 22.8 Å². The molecule has 1 heterocycles. The summed E-state index contributed by atoms with van der Waals surface area (Å²) in [6.07, 6.45) is 6.95. The van der Waals surface area contributed by atoms with Crippen LogP contribution in [0.2, 0.25) is 0 Å². The molecule has 1 aromatic heterocycles. The van der Waals surface area contributed by atoms with Crippen molar-refractivity contribution in [1.29, 1.82) is 0 Å². The Hall–Kier alpha value is -0.410. The highest BCUT2D eigenvalue weighted by molar-refractivity contribution is 9.10. The molecule has 0 aliphatic heterocycles. The fourth-order valence-corrected chi connectivity index (χ4v) is 2.42. The third-order valence-electron chi connectivity index (χ3n) is 2.95. The van der Waals surface area contributed by atoms with Gasteiger partial charge in [0.25, 0.3) is 0 Å². The Balaban J connectivity index is 2.02. The van der Waals surface area contributed by atoms with Crippen molar-refractivity contribution in [3.8, 4) is 0 Å². The molecule has 1 aliphatic rings. The first kappa shape index (κ1) is 10.1. The van der Waals surface area contributed by atoms with E-state index in [0.717, 1.165) is 22.5 Å². The highest BCUT2D eigenvalue weighted by Crippen LogP contribution is 2.34. The largest absolute Gasteiger partial charge is 0.323 e. The van der Waals surface area contributed by atoms with Gasteiger partial charge >= 0.3 is 0 Å². The van der Waals surface area contributed by atoms with E-state index in [2.05, 4.69) is 20.9 Å².